The number of methoxy groups -OCH3 is 1. The lowest BCUT2D eigenvalue weighted by Crippen LogP contribution is -2.14. The lowest BCUT2D eigenvalue weighted by molar-refractivity contribution is 0.102. The van der Waals surface area contributed by atoms with Crippen molar-refractivity contribution in [2.45, 2.75) is 0 Å². The van der Waals surface area contributed by atoms with Crippen LogP contribution in [0.4, 0.5) is 10.1 Å². The molecule has 0 spiro atoms. The van der Waals surface area contributed by atoms with Crippen molar-refractivity contribution < 1.29 is 13.9 Å². The predicted molar refractivity (Wildman–Crippen MR) is 72.8 cm³/mol. The third-order valence-electron chi connectivity index (χ3n) is 2.41. The first-order valence-electron chi connectivity index (χ1n) is 5.38. The summed E-state index contributed by atoms with van der Waals surface area (Å²) in [6, 6.07) is 7.78. The molecule has 0 unspecified atom stereocenters. The fourth-order valence-electron chi connectivity index (χ4n) is 1.52. The molecule has 0 aliphatic rings. The molecular formula is C13H10BrFN2O2. The van der Waals surface area contributed by atoms with E-state index in [-0.39, 0.29) is 15.9 Å². The van der Waals surface area contributed by atoms with Crippen LogP contribution < -0.4 is 10.1 Å². The molecule has 98 valence electrons. The molecule has 0 aliphatic heterocycles. The molecule has 2 rings (SSSR count). The Hall–Kier alpha value is -1.95. The third-order valence-corrected chi connectivity index (χ3v) is 3.02. The minimum atomic E-state index is -0.608. The molecule has 2 aromatic rings. The molecule has 1 N–H and O–H groups in total. The van der Waals surface area contributed by atoms with Gasteiger partial charge in [0.25, 0.3) is 5.91 Å². The van der Waals surface area contributed by atoms with Crippen LogP contribution in [-0.2, 0) is 0 Å². The summed E-state index contributed by atoms with van der Waals surface area (Å²) in [6.45, 7) is 0. The van der Waals surface area contributed by atoms with Gasteiger partial charge in [0.2, 0.25) is 5.88 Å². The number of aromatic nitrogens is 1. The predicted octanol–water partition coefficient (Wildman–Crippen LogP) is 3.24. The first-order chi connectivity index (χ1) is 9.13. The van der Waals surface area contributed by atoms with Gasteiger partial charge in [-0.25, -0.2) is 9.37 Å². The van der Waals surface area contributed by atoms with E-state index in [1.54, 1.807) is 18.2 Å². The van der Waals surface area contributed by atoms with E-state index >= 15 is 0 Å². The van der Waals surface area contributed by atoms with Crippen molar-refractivity contribution in [2.24, 2.45) is 0 Å². The SMILES string of the molecule is COc1ncccc1NC(=O)c1cccc(Br)c1F. The molecule has 4 nitrogen and oxygen atoms in total. The minimum Gasteiger partial charge on any atom is -0.480 e. The molecule has 0 bridgehead atoms. The van der Waals surface area contributed by atoms with Crippen molar-refractivity contribution in [2.75, 3.05) is 12.4 Å². The molecule has 0 fully saturated rings. The quantitative estimate of drug-likeness (QED) is 0.942. The van der Waals surface area contributed by atoms with Gasteiger partial charge < -0.3 is 10.1 Å². The first kappa shape index (κ1) is 13.5. The zero-order valence-corrected chi connectivity index (χ0v) is 11.6. The van der Waals surface area contributed by atoms with E-state index in [0.717, 1.165) is 0 Å². The van der Waals surface area contributed by atoms with Gasteiger partial charge in [-0.2, -0.15) is 0 Å². The number of rotatable bonds is 3. The zero-order chi connectivity index (χ0) is 13.8. The van der Waals surface area contributed by atoms with Crippen molar-refractivity contribution in [3.63, 3.8) is 0 Å². The van der Waals surface area contributed by atoms with E-state index in [0.29, 0.717) is 5.69 Å². The highest BCUT2D eigenvalue weighted by molar-refractivity contribution is 9.10. The topological polar surface area (TPSA) is 51.2 Å². The molecular weight excluding hydrogens is 315 g/mol. The van der Waals surface area contributed by atoms with E-state index in [1.165, 1.54) is 25.4 Å². The lowest BCUT2D eigenvalue weighted by atomic mass is 10.2. The van der Waals surface area contributed by atoms with Crippen LogP contribution in [0.1, 0.15) is 10.4 Å². The van der Waals surface area contributed by atoms with Gasteiger partial charge in [0.05, 0.1) is 17.1 Å². The first-order valence-corrected chi connectivity index (χ1v) is 6.17. The highest BCUT2D eigenvalue weighted by Crippen LogP contribution is 2.23. The summed E-state index contributed by atoms with van der Waals surface area (Å²) >= 11 is 3.04. The molecule has 0 radical (unpaired) electrons. The van der Waals surface area contributed by atoms with E-state index in [9.17, 15) is 9.18 Å². The summed E-state index contributed by atoms with van der Waals surface area (Å²) in [5.41, 5.74) is 0.328. The molecule has 0 aliphatic carbocycles. The number of anilines is 1. The summed E-state index contributed by atoms with van der Waals surface area (Å²) in [5.74, 6) is -0.904. The van der Waals surface area contributed by atoms with Crippen LogP contribution in [0.25, 0.3) is 0 Å². The largest absolute Gasteiger partial charge is 0.480 e. The molecule has 0 saturated heterocycles. The van der Waals surface area contributed by atoms with E-state index < -0.39 is 11.7 Å². The van der Waals surface area contributed by atoms with Crippen LogP contribution in [0.5, 0.6) is 5.88 Å². The monoisotopic (exact) mass is 324 g/mol. The highest BCUT2D eigenvalue weighted by atomic mass is 79.9. The Morgan fingerprint density at radius 3 is 2.89 bits per heavy atom. The second kappa shape index (κ2) is 5.79. The van der Waals surface area contributed by atoms with Gasteiger partial charge >= 0.3 is 0 Å². The number of carbonyl (C=O) groups is 1. The summed E-state index contributed by atoms with van der Waals surface area (Å²) in [7, 11) is 1.44. The Morgan fingerprint density at radius 1 is 1.37 bits per heavy atom. The number of nitrogens with one attached hydrogen (secondary N) is 1. The van der Waals surface area contributed by atoms with Gasteiger partial charge in [-0.1, -0.05) is 6.07 Å². The van der Waals surface area contributed by atoms with Crippen molar-refractivity contribution in [1.29, 1.82) is 0 Å². The average Bonchev–Trinajstić information content (AvgIpc) is 2.42. The van der Waals surface area contributed by atoms with Crippen LogP contribution in [0, 0.1) is 5.82 Å². The molecule has 1 heterocycles. The number of halogens is 2. The molecule has 19 heavy (non-hydrogen) atoms. The highest BCUT2D eigenvalue weighted by Gasteiger charge is 2.15. The summed E-state index contributed by atoms with van der Waals surface area (Å²) < 4.78 is 19.0. The van der Waals surface area contributed by atoms with Crippen molar-refractivity contribution in [3.8, 4) is 5.88 Å². The van der Waals surface area contributed by atoms with Crippen LogP contribution in [0.15, 0.2) is 41.0 Å². The summed E-state index contributed by atoms with van der Waals surface area (Å²) in [5, 5.41) is 2.56. The Bertz CT molecular complexity index is 619. The van der Waals surface area contributed by atoms with Gasteiger partial charge in [0.15, 0.2) is 0 Å². The second-order valence-corrected chi connectivity index (χ2v) is 4.47. The number of pyridine rings is 1. The Kier molecular flexibility index (Phi) is 4.11. The zero-order valence-electron chi connectivity index (χ0n) is 9.98. The smallest absolute Gasteiger partial charge is 0.258 e. The number of nitrogens with zero attached hydrogens (tertiary/aromatic N) is 1. The van der Waals surface area contributed by atoms with Crippen LogP contribution in [-0.4, -0.2) is 18.0 Å². The van der Waals surface area contributed by atoms with Crippen LogP contribution in [0.3, 0.4) is 0 Å². The van der Waals surface area contributed by atoms with Crippen LogP contribution >= 0.6 is 15.9 Å². The van der Waals surface area contributed by atoms with Gasteiger partial charge in [-0.15, -0.1) is 0 Å². The average molecular weight is 325 g/mol. The molecule has 0 saturated carbocycles. The number of benzene rings is 1. The number of carbonyl (C=O) groups excluding carboxylic acids is 1. The van der Waals surface area contributed by atoms with Crippen LogP contribution in [0.2, 0.25) is 0 Å². The Morgan fingerprint density at radius 2 is 2.16 bits per heavy atom. The number of amides is 1. The third kappa shape index (κ3) is 2.90. The normalized spacial score (nSPS) is 10.1. The molecule has 1 aromatic carbocycles. The fraction of sp³-hybridized carbons (Fsp3) is 0.0769. The van der Waals surface area contributed by atoms with E-state index in [1.807, 2.05) is 0 Å². The van der Waals surface area contributed by atoms with Gasteiger partial charge in [-0.05, 0) is 40.2 Å². The van der Waals surface area contributed by atoms with Gasteiger partial charge in [0, 0.05) is 6.20 Å². The molecule has 1 aromatic heterocycles. The summed E-state index contributed by atoms with van der Waals surface area (Å²) in [6.07, 6.45) is 1.54. The fourth-order valence-corrected chi connectivity index (χ4v) is 1.88. The summed E-state index contributed by atoms with van der Waals surface area (Å²) in [4.78, 5) is 15.9. The maximum atomic E-state index is 13.8. The van der Waals surface area contributed by atoms with Crippen molar-refractivity contribution in [1.82, 2.24) is 4.98 Å². The Labute approximate surface area is 117 Å². The van der Waals surface area contributed by atoms with Crippen molar-refractivity contribution >= 4 is 27.5 Å². The number of ether oxygens (including phenoxy) is 1. The molecule has 1 amide bonds. The van der Waals surface area contributed by atoms with E-state index in [2.05, 4.69) is 26.2 Å². The molecule has 0 atom stereocenters. The maximum Gasteiger partial charge on any atom is 0.258 e. The second-order valence-electron chi connectivity index (χ2n) is 3.62. The number of hydrogen-bond donors (Lipinski definition) is 1. The lowest BCUT2D eigenvalue weighted by Gasteiger charge is -2.09. The van der Waals surface area contributed by atoms with Gasteiger partial charge in [-0.3, -0.25) is 4.79 Å². The molecule has 6 heteroatoms. The van der Waals surface area contributed by atoms with Crippen molar-refractivity contribution in [3.05, 3.63) is 52.4 Å². The minimum absolute atomic E-state index is 0.0553. The number of hydrogen-bond acceptors (Lipinski definition) is 3. The maximum absolute atomic E-state index is 13.8. The van der Waals surface area contributed by atoms with Gasteiger partial charge in [0.1, 0.15) is 11.5 Å². The standard InChI is InChI=1S/C13H10BrFN2O2/c1-19-13-10(6-3-7-16-13)17-12(18)8-4-2-5-9(14)11(8)15/h2-7H,1H3,(H,17,18). The van der Waals surface area contributed by atoms with E-state index in [4.69, 9.17) is 4.74 Å². The Balaban J connectivity index is 2.28.